The predicted octanol–water partition coefficient (Wildman–Crippen LogP) is 4.51. The number of hydrogen-bond acceptors (Lipinski definition) is 6. The first-order valence-corrected chi connectivity index (χ1v) is 11.2. The molecule has 0 fully saturated rings. The van der Waals surface area contributed by atoms with Crippen molar-refractivity contribution in [3.8, 4) is 11.5 Å². The number of halogens is 2. The minimum atomic E-state index is -0.443. The van der Waals surface area contributed by atoms with E-state index in [-0.39, 0.29) is 17.9 Å². The molecule has 8 nitrogen and oxygen atoms in total. The van der Waals surface area contributed by atoms with Gasteiger partial charge in [-0.3, -0.25) is 9.59 Å². The Morgan fingerprint density at radius 1 is 1.20 bits per heavy atom. The Hall–Kier alpha value is -4.05. The second-order valence-electron chi connectivity index (χ2n) is 7.40. The van der Waals surface area contributed by atoms with Gasteiger partial charge in [0.25, 0.3) is 11.5 Å². The maximum absolute atomic E-state index is 13.1. The molecular weight excluding hydrogens is 519 g/mol. The first kappa shape index (κ1) is 24.1. The molecule has 0 spiro atoms. The van der Waals surface area contributed by atoms with Gasteiger partial charge in [0.1, 0.15) is 11.6 Å². The van der Waals surface area contributed by atoms with Crippen LogP contribution in [0.4, 0.5) is 10.1 Å². The number of aryl methyl sites for hydroxylation is 1. The minimum Gasteiger partial charge on any atom is -0.493 e. The number of anilines is 1. The van der Waals surface area contributed by atoms with E-state index in [1.54, 1.807) is 37.3 Å². The first-order valence-electron chi connectivity index (χ1n) is 10.4. The zero-order valence-corrected chi connectivity index (χ0v) is 20.4. The molecule has 1 N–H and O–H groups in total. The van der Waals surface area contributed by atoms with Crippen LogP contribution in [0.2, 0.25) is 0 Å². The van der Waals surface area contributed by atoms with E-state index in [0.717, 1.165) is 4.47 Å². The largest absolute Gasteiger partial charge is 0.493 e. The summed E-state index contributed by atoms with van der Waals surface area (Å²) >= 11 is 3.37. The molecule has 0 aliphatic heterocycles. The van der Waals surface area contributed by atoms with E-state index in [0.29, 0.717) is 33.7 Å². The summed E-state index contributed by atoms with van der Waals surface area (Å²) in [6, 6.07) is 15.8. The van der Waals surface area contributed by atoms with Crippen molar-refractivity contribution in [3.63, 3.8) is 0 Å². The van der Waals surface area contributed by atoms with Gasteiger partial charge in [0.2, 0.25) is 0 Å². The number of fused-ring (bicyclic) bond motifs is 1. The highest BCUT2D eigenvalue weighted by atomic mass is 79.9. The number of benzene rings is 3. The number of carbonyl (C=O) groups is 1. The minimum absolute atomic E-state index is 0.273. The van der Waals surface area contributed by atoms with Crippen LogP contribution in [0, 0.1) is 12.7 Å². The van der Waals surface area contributed by atoms with Crippen molar-refractivity contribution in [2.45, 2.75) is 6.92 Å². The summed E-state index contributed by atoms with van der Waals surface area (Å²) in [5.41, 5.74) is 1.17. The van der Waals surface area contributed by atoms with E-state index in [2.05, 4.69) is 31.3 Å². The van der Waals surface area contributed by atoms with Gasteiger partial charge in [0.05, 0.1) is 24.2 Å². The van der Waals surface area contributed by atoms with Crippen LogP contribution in [-0.4, -0.2) is 35.5 Å². The number of carbonyl (C=O) groups excluding carboxylic acids is 1. The maximum atomic E-state index is 13.1. The van der Waals surface area contributed by atoms with Gasteiger partial charge in [-0.25, -0.2) is 9.37 Å². The van der Waals surface area contributed by atoms with Gasteiger partial charge >= 0.3 is 0 Å². The maximum Gasteiger partial charge on any atom is 0.282 e. The molecule has 4 aromatic rings. The van der Waals surface area contributed by atoms with Crippen molar-refractivity contribution >= 4 is 44.6 Å². The van der Waals surface area contributed by atoms with E-state index in [1.807, 2.05) is 6.07 Å². The van der Waals surface area contributed by atoms with Gasteiger partial charge in [-0.2, -0.15) is 9.78 Å². The summed E-state index contributed by atoms with van der Waals surface area (Å²) in [6.45, 7) is 1.35. The Morgan fingerprint density at radius 3 is 2.71 bits per heavy atom. The molecule has 0 bridgehead atoms. The van der Waals surface area contributed by atoms with Gasteiger partial charge < -0.3 is 14.8 Å². The monoisotopic (exact) mass is 538 g/mol. The Kier molecular flexibility index (Phi) is 7.21. The summed E-state index contributed by atoms with van der Waals surface area (Å²) in [7, 11) is 1.47. The van der Waals surface area contributed by atoms with Crippen LogP contribution in [0.15, 0.2) is 75.0 Å². The molecule has 0 aliphatic carbocycles. The van der Waals surface area contributed by atoms with E-state index < -0.39 is 11.7 Å². The van der Waals surface area contributed by atoms with E-state index in [4.69, 9.17) is 9.47 Å². The smallest absolute Gasteiger partial charge is 0.282 e. The normalized spacial score (nSPS) is 11.1. The highest BCUT2D eigenvalue weighted by Gasteiger charge is 2.13. The molecule has 35 heavy (non-hydrogen) atoms. The molecule has 1 aromatic heterocycles. The van der Waals surface area contributed by atoms with Crippen LogP contribution in [0.25, 0.3) is 10.9 Å². The quantitative estimate of drug-likeness (QED) is 0.349. The average molecular weight is 539 g/mol. The number of hydrogen-bond donors (Lipinski definition) is 1. The standard InChI is InChI=1S/C25H20BrFN4O4/c1-15-29-21-11-6-17(26)12-20(21)25(33)31(15)28-13-16-4-3-5-22(34-2)24(16)35-14-23(32)30-19-9-7-18(27)8-10-19/h3-13H,14H2,1-2H3,(H,30,32). The van der Waals surface area contributed by atoms with Gasteiger partial charge in [-0.15, -0.1) is 0 Å². The Bertz CT molecular complexity index is 1490. The van der Waals surface area contributed by atoms with Crippen LogP contribution in [-0.2, 0) is 4.79 Å². The Morgan fingerprint density at radius 2 is 1.97 bits per heavy atom. The second-order valence-corrected chi connectivity index (χ2v) is 8.32. The van der Waals surface area contributed by atoms with Crippen molar-refractivity contribution in [2.75, 3.05) is 19.0 Å². The van der Waals surface area contributed by atoms with E-state index >= 15 is 0 Å². The Balaban J connectivity index is 1.60. The lowest BCUT2D eigenvalue weighted by Crippen LogP contribution is -2.21. The third-order valence-corrected chi connectivity index (χ3v) is 5.48. The van der Waals surface area contributed by atoms with Crippen LogP contribution in [0.3, 0.4) is 0 Å². The highest BCUT2D eigenvalue weighted by Crippen LogP contribution is 2.30. The van der Waals surface area contributed by atoms with Crippen molar-refractivity contribution in [3.05, 3.63) is 92.7 Å². The number of rotatable bonds is 7. The predicted molar refractivity (Wildman–Crippen MR) is 135 cm³/mol. The summed E-state index contributed by atoms with van der Waals surface area (Å²) in [5.74, 6) is 0.219. The third-order valence-electron chi connectivity index (χ3n) is 4.99. The topological polar surface area (TPSA) is 94.8 Å². The Labute approximate surface area is 208 Å². The number of methoxy groups -OCH3 is 1. The number of ether oxygens (including phenoxy) is 2. The highest BCUT2D eigenvalue weighted by molar-refractivity contribution is 9.10. The molecule has 178 valence electrons. The molecule has 1 amide bonds. The fourth-order valence-corrected chi connectivity index (χ4v) is 3.69. The summed E-state index contributed by atoms with van der Waals surface area (Å²) in [5, 5.41) is 7.37. The van der Waals surface area contributed by atoms with Crippen molar-refractivity contribution in [1.29, 1.82) is 0 Å². The number of nitrogens with one attached hydrogen (secondary N) is 1. The van der Waals surface area contributed by atoms with Crippen LogP contribution in [0.1, 0.15) is 11.4 Å². The molecule has 0 atom stereocenters. The fourth-order valence-electron chi connectivity index (χ4n) is 3.33. The summed E-state index contributed by atoms with van der Waals surface area (Å²) < 4.78 is 26.1. The van der Waals surface area contributed by atoms with Crippen LogP contribution in [0.5, 0.6) is 11.5 Å². The van der Waals surface area contributed by atoms with Gasteiger partial charge in [0.15, 0.2) is 18.1 Å². The molecule has 1 heterocycles. The van der Waals surface area contributed by atoms with Crippen LogP contribution >= 0.6 is 15.9 Å². The summed E-state index contributed by atoms with van der Waals surface area (Å²) in [4.78, 5) is 29.8. The second kappa shape index (κ2) is 10.5. The van der Waals surface area contributed by atoms with Gasteiger partial charge in [-0.1, -0.05) is 22.0 Å². The van der Waals surface area contributed by atoms with Crippen LogP contribution < -0.4 is 20.3 Å². The third kappa shape index (κ3) is 5.55. The number of amides is 1. The SMILES string of the molecule is COc1cccc(C=Nn2c(C)nc3ccc(Br)cc3c2=O)c1OCC(=O)Nc1ccc(F)cc1. The zero-order valence-electron chi connectivity index (χ0n) is 18.8. The number of para-hydroxylation sites is 1. The fraction of sp³-hybridized carbons (Fsp3) is 0.120. The molecule has 0 saturated carbocycles. The zero-order chi connectivity index (χ0) is 24.9. The lowest BCUT2D eigenvalue weighted by atomic mass is 10.2. The van der Waals surface area contributed by atoms with E-state index in [1.165, 1.54) is 42.3 Å². The molecule has 0 unspecified atom stereocenters. The van der Waals surface area contributed by atoms with Gasteiger partial charge in [-0.05, 0) is 61.5 Å². The first-order chi connectivity index (χ1) is 16.9. The summed E-state index contributed by atoms with van der Waals surface area (Å²) in [6.07, 6.45) is 1.44. The van der Waals surface area contributed by atoms with Gasteiger partial charge in [0, 0.05) is 15.7 Å². The molecule has 3 aromatic carbocycles. The van der Waals surface area contributed by atoms with E-state index in [9.17, 15) is 14.0 Å². The lowest BCUT2D eigenvalue weighted by Gasteiger charge is -2.13. The molecule has 4 rings (SSSR count). The average Bonchev–Trinajstić information content (AvgIpc) is 2.84. The molecule has 10 heteroatoms. The van der Waals surface area contributed by atoms with Crippen molar-refractivity contribution in [2.24, 2.45) is 5.10 Å². The molecule has 0 saturated heterocycles. The number of nitrogens with zero attached hydrogens (tertiary/aromatic N) is 3. The number of aromatic nitrogens is 2. The molecule has 0 radical (unpaired) electrons. The van der Waals surface area contributed by atoms with Crippen molar-refractivity contribution in [1.82, 2.24) is 9.66 Å². The molecular formula is C25H20BrFN4O4. The lowest BCUT2D eigenvalue weighted by molar-refractivity contribution is -0.118. The van der Waals surface area contributed by atoms with Crippen molar-refractivity contribution < 1.29 is 18.7 Å². The molecule has 0 aliphatic rings.